The molecule has 0 heterocycles. The number of rotatable bonds is 6. The van der Waals surface area contributed by atoms with Crippen molar-refractivity contribution in [3.63, 3.8) is 0 Å². The van der Waals surface area contributed by atoms with Gasteiger partial charge in [-0.15, -0.1) is 0 Å². The molecule has 0 rings (SSSR count). The summed E-state index contributed by atoms with van der Waals surface area (Å²) in [5, 5.41) is 15.3. The van der Waals surface area contributed by atoms with Crippen molar-refractivity contribution in [1.82, 2.24) is 0 Å². The van der Waals surface area contributed by atoms with Crippen molar-refractivity contribution >= 4 is 0 Å². The smallest absolute Gasteiger partial charge is 0.362 e. The summed E-state index contributed by atoms with van der Waals surface area (Å²) >= 11 is 0. The van der Waals surface area contributed by atoms with Crippen molar-refractivity contribution in [2.45, 2.75) is 42.8 Å². The Morgan fingerprint density at radius 3 is 1.37 bits per heavy atom. The maximum absolute atomic E-state index is 12.6. The minimum Gasteiger partial charge on any atom is -0.362 e. The maximum atomic E-state index is 12.6. The summed E-state index contributed by atoms with van der Waals surface area (Å²) in [6, 6.07) is 0. The first-order valence-electron chi connectivity index (χ1n) is 4.28. The summed E-state index contributed by atoms with van der Waals surface area (Å²) in [4.78, 5) is 0. The molecule has 0 aliphatic carbocycles. The second-order valence-electron chi connectivity index (χ2n) is 3.40. The van der Waals surface area contributed by atoms with E-state index in [0.717, 1.165) is 0 Å². The van der Waals surface area contributed by atoms with Gasteiger partial charge < -0.3 is 10.2 Å². The van der Waals surface area contributed by atoms with Crippen molar-refractivity contribution in [1.29, 1.82) is 0 Å². The van der Waals surface area contributed by atoms with Crippen LogP contribution < -0.4 is 0 Å². The highest BCUT2D eigenvalue weighted by Crippen LogP contribution is 2.48. The minimum absolute atomic E-state index is 3.84. The molecular weight excluding hydrogens is 306 g/mol. The summed E-state index contributed by atoms with van der Waals surface area (Å²) in [6.45, 7) is 0. The molecule has 0 aliphatic rings. The second-order valence-corrected chi connectivity index (χ2v) is 3.40. The van der Waals surface area contributed by atoms with E-state index < -0.39 is 42.8 Å². The predicted molar refractivity (Wildman–Crippen MR) is 38.9 cm³/mol. The molecule has 0 amide bonds. The molecular formula is C7H6F10O2. The van der Waals surface area contributed by atoms with Crippen LogP contribution in [0.15, 0.2) is 0 Å². The van der Waals surface area contributed by atoms with E-state index in [0.29, 0.717) is 0 Å². The Labute approximate surface area is 98.2 Å². The fourth-order valence-electron chi connectivity index (χ4n) is 0.887. The summed E-state index contributed by atoms with van der Waals surface area (Å²) < 4.78 is 123. The average Bonchev–Trinajstić information content (AvgIpc) is 2.23. The van der Waals surface area contributed by atoms with Crippen LogP contribution >= 0.6 is 0 Å². The SMILES string of the molecule is OC(F)C(F)C(F)C(F)C(F)(F)C(F)(F)C(O)(F)F. The predicted octanol–water partition coefficient (Wildman–Crippen LogP) is 2.14. The van der Waals surface area contributed by atoms with Crippen LogP contribution in [0.2, 0.25) is 0 Å². The van der Waals surface area contributed by atoms with Crippen LogP contribution in [0.25, 0.3) is 0 Å². The van der Waals surface area contributed by atoms with Crippen molar-refractivity contribution in [2.24, 2.45) is 0 Å². The zero-order valence-corrected chi connectivity index (χ0v) is 8.48. The Bertz CT molecular complexity index is 301. The van der Waals surface area contributed by atoms with Crippen LogP contribution in [0.1, 0.15) is 0 Å². The normalized spacial score (nSPS) is 20.8. The number of aliphatic hydroxyl groups is 2. The summed E-state index contributed by atoms with van der Waals surface area (Å²) in [7, 11) is 0. The van der Waals surface area contributed by atoms with Gasteiger partial charge in [0.25, 0.3) is 0 Å². The van der Waals surface area contributed by atoms with E-state index in [-0.39, 0.29) is 0 Å². The van der Waals surface area contributed by atoms with Gasteiger partial charge in [0.2, 0.25) is 12.5 Å². The zero-order valence-electron chi connectivity index (χ0n) is 8.48. The van der Waals surface area contributed by atoms with E-state index >= 15 is 0 Å². The molecule has 2 N–H and O–H groups in total. The topological polar surface area (TPSA) is 40.5 Å². The molecule has 0 bridgehead atoms. The molecule has 12 heteroatoms. The molecule has 116 valence electrons. The lowest BCUT2D eigenvalue weighted by atomic mass is 9.99. The van der Waals surface area contributed by atoms with Gasteiger partial charge in [-0.25, -0.2) is 17.6 Å². The van der Waals surface area contributed by atoms with Gasteiger partial charge in [-0.1, -0.05) is 0 Å². The van der Waals surface area contributed by atoms with Crippen LogP contribution in [-0.2, 0) is 0 Å². The number of hydrogen-bond acceptors (Lipinski definition) is 2. The highest BCUT2D eigenvalue weighted by atomic mass is 19.4. The van der Waals surface area contributed by atoms with Crippen LogP contribution in [-0.4, -0.2) is 53.0 Å². The number of aliphatic hydroxyl groups excluding tert-OH is 1. The molecule has 0 fully saturated rings. The highest BCUT2D eigenvalue weighted by Gasteiger charge is 2.76. The molecule has 4 unspecified atom stereocenters. The standard InChI is InChI=1S/C7H6F10O2/c8-1(2(9)4(11)18)3(10)5(12,13)6(14,15)7(16,17)19/h1-4,18-19H. The second kappa shape index (κ2) is 5.31. The van der Waals surface area contributed by atoms with Crippen molar-refractivity contribution in [2.75, 3.05) is 0 Å². The molecule has 0 saturated carbocycles. The van der Waals surface area contributed by atoms with E-state index in [1.807, 2.05) is 0 Å². The van der Waals surface area contributed by atoms with Gasteiger partial charge in [-0.05, 0) is 0 Å². The summed E-state index contributed by atoms with van der Waals surface area (Å²) in [6.07, 6.45) is -23.6. The van der Waals surface area contributed by atoms with Gasteiger partial charge in [0, 0.05) is 0 Å². The largest absolute Gasteiger partial charge is 0.423 e. The fraction of sp³-hybridized carbons (Fsp3) is 1.00. The monoisotopic (exact) mass is 312 g/mol. The summed E-state index contributed by atoms with van der Waals surface area (Å²) in [5.74, 6) is -13.4. The van der Waals surface area contributed by atoms with Crippen LogP contribution in [0, 0.1) is 0 Å². The molecule has 0 saturated heterocycles. The van der Waals surface area contributed by atoms with Gasteiger partial charge in [0.15, 0.2) is 12.3 Å². The van der Waals surface area contributed by atoms with Gasteiger partial charge in [-0.3, -0.25) is 0 Å². The zero-order chi connectivity index (χ0) is 15.8. The van der Waals surface area contributed by atoms with E-state index in [2.05, 4.69) is 0 Å². The number of hydrogen-bond donors (Lipinski definition) is 2. The minimum atomic E-state index is -6.79. The van der Waals surface area contributed by atoms with Crippen LogP contribution in [0.5, 0.6) is 0 Å². The van der Waals surface area contributed by atoms with Gasteiger partial charge in [0.05, 0.1) is 0 Å². The third kappa shape index (κ3) is 3.22. The van der Waals surface area contributed by atoms with E-state index in [1.54, 1.807) is 0 Å². The van der Waals surface area contributed by atoms with Crippen molar-refractivity contribution in [3.05, 3.63) is 0 Å². The summed E-state index contributed by atoms with van der Waals surface area (Å²) in [5.41, 5.74) is 0. The lowest BCUT2D eigenvalue weighted by Gasteiger charge is -2.33. The molecule has 0 radical (unpaired) electrons. The lowest BCUT2D eigenvalue weighted by Crippen LogP contribution is -2.61. The van der Waals surface area contributed by atoms with Crippen molar-refractivity contribution in [3.8, 4) is 0 Å². The van der Waals surface area contributed by atoms with Crippen LogP contribution in [0.4, 0.5) is 43.9 Å². The fourth-order valence-corrected chi connectivity index (χ4v) is 0.887. The Kier molecular flexibility index (Phi) is 5.09. The van der Waals surface area contributed by atoms with Gasteiger partial charge >= 0.3 is 18.0 Å². The molecule has 19 heavy (non-hydrogen) atoms. The molecule has 2 nitrogen and oxygen atoms in total. The van der Waals surface area contributed by atoms with Gasteiger partial charge in [0.1, 0.15) is 0 Å². The first-order valence-corrected chi connectivity index (χ1v) is 4.28. The van der Waals surface area contributed by atoms with Gasteiger partial charge in [-0.2, -0.15) is 26.3 Å². The lowest BCUT2D eigenvalue weighted by molar-refractivity contribution is -0.395. The first kappa shape index (κ1) is 18.2. The van der Waals surface area contributed by atoms with Crippen LogP contribution in [0.3, 0.4) is 0 Å². The third-order valence-corrected chi connectivity index (χ3v) is 1.99. The molecule has 4 atom stereocenters. The number of halogens is 10. The Morgan fingerprint density at radius 2 is 1.11 bits per heavy atom. The molecule has 0 aliphatic heterocycles. The van der Waals surface area contributed by atoms with E-state index in [1.165, 1.54) is 0 Å². The van der Waals surface area contributed by atoms with E-state index in [9.17, 15) is 43.9 Å². The molecule has 0 aromatic heterocycles. The Hall–Kier alpha value is -0.780. The average molecular weight is 312 g/mol. The number of alkyl halides is 10. The quantitative estimate of drug-likeness (QED) is 0.738. The Morgan fingerprint density at radius 1 is 0.737 bits per heavy atom. The van der Waals surface area contributed by atoms with Crippen molar-refractivity contribution < 1.29 is 54.1 Å². The first-order chi connectivity index (χ1) is 8.18. The Balaban J connectivity index is 5.32. The molecule has 0 aromatic rings. The highest BCUT2D eigenvalue weighted by molar-refractivity contribution is 5.00. The third-order valence-electron chi connectivity index (χ3n) is 1.99. The molecule has 0 spiro atoms. The maximum Gasteiger partial charge on any atom is 0.423 e. The van der Waals surface area contributed by atoms with E-state index in [4.69, 9.17) is 10.2 Å². The molecule has 0 aromatic carbocycles.